The zero-order valence-electron chi connectivity index (χ0n) is 16.2. The number of ether oxygens (including phenoxy) is 1. The van der Waals surface area contributed by atoms with Gasteiger partial charge in [-0.25, -0.2) is 9.97 Å². The molecule has 3 rings (SSSR count). The lowest BCUT2D eigenvalue weighted by molar-refractivity contribution is -0.120. The third-order valence-corrected chi connectivity index (χ3v) is 4.17. The first kappa shape index (κ1) is 19.3. The van der Waals surface area contributed by atoms with E-state index in [-0.39, 0.29) is 12.3 Å². The molecule has 0 radical (unpaired) electrons. The predicted octanol–water partition coefficient (Wildman–Crippen LogP) is 2.47. The molecule has 0 unspecified atom stereocenters. The van der Waals surface area contributed by atoms with Crippen molar-refractivity contribution in [3.05, 3.63) is 66.1 Å². The average molecular weight is 377 g/mol. The van der Waals surface area contributed by atoms with Crippen LogP contribution in [0.3, 0.4) is 0 Å². The first-order valence-electron chi connectivity index (χ1n) is 8.91. The van der Waals surface area contributed by atoms with Gasteiger partial charge in [0.15, 0.2) is 5.82 Å². The number of methoxy groups -OCH3 is 1. The summed E-state index contributed by atoms with van der Waals surface area (Å²) in [5.41, 5.74) is 2.45. The molecule has 1 aromatic carbocycles. The minimum Gasteiger partial charge on any atom is -0.496 e. The van der Waals surface area contributed by atoms with Gasteiger partial charge < -0.3 is 15.0 Å². The molecule has 0 saturated carbocycles. The molecule has 0 saturated heterocycles. The zero-order chi connectivity index (χ0) is 19.9. The Kier molecular flexibility index (Phi) is 6.16. The quantitative estimate of drug-likeness (QED) is 0.681. The van der Waals surface area contributed by atoms with Crippen molar-refractivity contribution in [3.8, 4) is 17.1 Å². The minimum atomic E-state index is -0.0972. The number of aromatic nitrogens is 3. The van der Waals surface area contributed by atoms with Gasteiger partial charge >= 0.3 is 0 Å². The summed E-state index contributed by atoms with van der Waals surface area (Å²) >= 11 is 0. The number of amides is 1. The summed E-state index contributed by atoms with van der Waals surface area (Å²) in [6.45, 7) is 0.315. The lowest BCUT2D eigenvalue weighted by atomic mass is 10.1. The monoisotopic (exact) mass is 377 g/mol. The van der Waals surface area contributed by atoms with Crippen LogP contribution >= 0.6 is 0 Å². The maximum Gasteiger partial charge on any atom is 0.224 e. The molecule has 2 aromatic heterocycles. The lowest BCUT2D eigenvalue weighted by Gasteiger charge is -2.15. The van der Waals surface area contributed by atoms with E-state index in [1.54, 1.807) is 19.5 Å². The normalized spacial score (nSPS) is 10.4. The molecular weight excluding hydrogens is 354 g/mol. The highest BCUT2D eigenvalue weighted by Crippen LogP contribution is 2.19. The van der Waals surface area contributed by atoms with Crippen LogP contribution in [0.1, 0.15) is 11.3 Å². The molecule has 144 valence electrons. The number of benzene rings is 1. The second kappa shape index (κ2) is 8.94. The number of rotatable bonds is 7. The number of nitrogens with zero attached hydrogens (tertiary/aromatic N) is 4. The van der Waals surface area contributed by atoms with Crippen LogP contribution in [0.2, 0.25) is 0 Å². The zero-order valence-corrected chi connectivity index (χ0v) is 16.2. The van der Waals surface area contributed by atoms with Gasteiger partial charge in [-0.3, -0.25) is 9.78 Å². The first-order chi connectivity index (χ1) is 13.6. The van der Waals surface area contributed by atoms with Crippen molar-refractivity contribution in [3.63, 3.8) is 0 Å². The Morgan fingerprint density at radius 1 is 1.11 bits per heavy atom. The largest absolute Gasteiger partial charge is 0.496 e. The number of carbonyl (C=O) groups excluding carboxylic acids is 1. The standard InChI is InChI=1S/C21H23N5O2/c1-26(2)19-13-17(24-21(25-19)15-8-10-22-11-9-15)14-23-20(27)12-16-6-4-5-7-18(16)28-3/h4-11,13H,12,14H2,1-3H3,(H,23,27). The minimum absolute atomic E-state index is 0.0972. The number of pyridine rings is 1. The second-order valence-electron chi connectivity index (χ2n) is 6.44. The van der Waals surface area contributed by atoms with Crippen LogP contribution in [-0.2, 0) is 17.8 Å². The van der Waals surface area contributed by atoms with E-state index >= 15 is 0 Å². The molecule has 0 fully saturated rings. The van der Waals surface area contributed by atoms with E-state index in [1.165, 1.54) is 0 Å². The van der Waals surface area contributed by atoms with Crippen molar-refractivity contribution in [2.24, 2.45) is 0 Å². The van der Waals surface area contributed by atoms with E-state index in [2.05, 4.69) is 20.3 Å². The molecule has 0 aliphatic rings. The molecule has 1 amide bonds. The second-order valence-corrected chi connectivity index (χ2v) is 6.44. The Morgan fingerprint density at radius 2 is 1.86 bits per heavy atom. The van der Waals surface area contributed by atoms with Gasteiger partial charge in [-0.2, -0.15) is 0 Å². The van der Waals surface area contributed by atoms with Crippen LogP contribution in [0.4, 0.5) is 5.82 Å². The average Bonchev–Trinajstić information content (AvgIpc) is 2.73. The predicted molar refractivity (Wildman–Crippen MR) is 108 cm³/mol. The molecule has 3 aromatic rings. The number of anilines is 1. The van der Waals surface area contributed by atoms with Crippen molar-refractivity contribution >= 4 is 11.7 Å². The van der Waals surface area contributed by atoms with Gasteiger partial charge in [-0.1, -0.05) is 18.2 Å². The fraction of sp³-hybridized carbons (Fsp3) is 0.238. The summed E-state index contributed by atoms with van der Waals surface area (Å²) in [5.74, 6) is 1.98. The van der Waals surface area contributed by atoms with Crippen LogP contribution in [0.5, 0.6) is 5.75 Å². The van der Waals surface area contributed by atoms with Crippen LogP contribution in [-0.4, -0.2) is 42.1 Å². The Bertz CT molecular complexity index is 945. The maximum absolute atomic E-state index is 12.4. The first-order valence-corrected chi connectivity index (χ1v) is 8.91. The van der Waals surface area contributed by atoms with E-state index in [1.807, 2.05) is 61.5 Å². The molecule has 28 heavy (non-hydrogen) atoms. The highest BCUT2D eigenvalue weighted by molar-refractivity contribution is 5.79. The number of hydrogen-bond donors (Lipinski definition) is 1. The number of para-hydroxylation sites is 1. The summed E-state index contributed by atoms with van der Waals surface area (Å²) in [6.07, 6.45) is 3.65. The number of nitrogens with one attached hydrogen (secondary N) is 1. The topological polar surface area (TPSA) is 80.2 Å². The molecule has 0 spiro atoms. The molecule has 7 heteroatoms. The fourth-order valence-corrected chi connectivity index (χ4v) is 2.71. The van der Waals surface area contributed by atoms with Gasteiger partial charge in [0.2, 0.25) is 5.91 Å². The molecule has 0 atom stereocenters. The molecule has 2 heterocycles. The van der Waals surface area contributed by atoms with E-state index in [0.29, 0.717) is 18.1 Å². The van der Waals surface area contributed by atoms with Gasteiger partial charge in [0.05, 0.1) is 25.8 Å². The van der Waals surface area contributed by atoms with Crippen molar-refractivity contribution in [1.29, 1.82) is 0 Å². The van der Waals surface area contributed by atoms with E-state index in [0.717, 1.165) is 22.6 Å². The van der Waals surface area contributed by atoms with Crippen LogP contribution in [0, 0.1) is 0 Å². The number of carbonyl (C=O) groups is 1. The lowest BCUT2D eigenvalue weighted by Crippen LogP contribution is -2.25. The highest BCUT2D eigenvalue weighted by Gasteiger charge is 2.11. The van der Waals surface area contributed by atoms with Gasteiger partial charge in [0.1, 0.15) is 11.6 Å². The van der Waals surface area contributed by atoms with E-state index < -0.39 is 0 Å². The van der Waals surface area contributed by atoms with Crippen LogP contribution in [0.15, 0.2) is 54.9 Å². The molecule has 0 aliphatic heterocycles. The Labute approximate surface area is 164 Å². The molecular formula is C21H23N5O2. The van der Waals surface area contributed by atoms with Gasteiger partial charge in [0, 0.05) is 43.7 Å². The van der Waals surface area contributed by atoms with Crippen molar-refractivity contribution in [1.82, 2.24) is 20.3 Å². The van der Waals surface area contributed by atoms with Gasteiger partial charge in [-0.05, 0) is 18.2 Å². The fourth-order valence-electron chi connectivity index (χ4n) is 2.71. The maximum atomic E-state index is 12.4. The Hall–Kier alpha value is -3.48. The molecule has 0 bridgehead atoms. The SMILES string of the molecule is COc1ccccc1CC(=O)NCc1cc(N(C)C)nc(-c2ccncc2)n1. The highest BCUT2D eigenvalue weighted by atomic mass is 16.5. The third kappa shape index (κ3) is 4.82. The van der Waals surface area contributed by atoms with E-state index in [9.17, 15) is 4.79 Å². The van der Waals surface area contributed by atoms with Crippen molar-refractivity contribution in [2.45, 2.75) is 13.0 Å². The summed E-state index contributed by atoms with van der Waals surface area (Å²) in [7, 11) is 5.44. The van der Waals surface area contributed by atoms with Crippen LogP contribution in [0.25, 0.3) is 11.4 Å². The third-order valence-electron chi connectivity index (χ3n) is 4.17. The van der Waals surface area contributed by atoms with Gasteiger partial charge in [-0.15, -0.1) is 0 Å². The summed E-state index contributed by atoms with van der Waals surface area (Å²) in [6, 6.07) is 13.1. The van der Waals surface area contributed by atoms with Crippen molar-refractivity contribution < 1.29 is 9.53 Å². The van der Waals surface area contributed by atoms with Crippen molar-refractivity contribution in [2.75, 3.05) is 26.1 Å². The summed E-state index contributed by atoms with van der Waals surface area (Å²) in [4.78, 5) is 27.5. The Balaban J connectivity index is 1.74. The van der Waals surface area contributed by atoms with E-state index in [4.69, 9.17) is 4.74 Å². The summed E-state index contributed by atoms with van der Waals surface area (Å²) < 4.78 is 5.30. The molecule has 0 aliphatic carbocycles. The summed E-state index contributed by atoms with van der Waals surface area (Å²) in [5, 5.41) is 2.93. The Morgan fingerprint density at radius 3 is 2.57 bits per heavy atom. The smallest absolute Gasteiger partial charge is 0.224 e. The molecule has 1 N–H and O–H groups in total. The van der Waals surface area contributed by atoms with Crippen LogP contribution < -0.4 is 15.0 Å². The van der Waals surface area contributed by atoms with Gasteiger partial charge in [0.25, 0.3) is 0 Å². The number of hydrogen-bond acceptors (Lipinski definition) is 6. The molecule has 7 nitrogen and oxygen atoms in total.